The number of halogens is 2. The number of anilines is 1. The molecule has 1 aromatic carbocycles. The van der Waals surface area contributed by atoms with E-state index in [2.05, 4.69) is 9.71 Å². The summed E-state index contributed by atoms with van der Waals surface area (Å²) in [6.45, 7) is 0. The number of rotatable bonds is 4. The molecule has 0 amide bonds. The van der Waals surface area contributed by atoms with E-state index in [-0.39, 0.29) is 26.3 Å². The van der Waals surface area contributed by atoms with Gasteiger partial charge in [-0.2, -0.15) is 0 Å². The summed E-state index contributed by atoms with van der Waals surface area (Å²) < 4.78 is 40.6. The zero-order valence-corrected chi connectivity index (χ0v) is 12.8. The van der Waals surface area contributed by atoms with Gasteiger partial charge in [0.1, 0.15) is 15.7 Å². The summed E-state index contributed by atoms with van der Waals surface area (Å²) in [5.74, 6) is -0.894. The fourth-order valence-electron chi connectivity index (χ4n) is 1.61. The molecule has 2 aromatic rings. The molecule has 0 radical (unpaired) electrons. The lowest BCUT2D eigenvalue weighted by Crippen LogP contribution is -2.21. The van der Waals surface area contributed by atoms with Crippen LogP contribution in [0.25, 0.3) is 0 Å². The SMILES string of the molecule is NC(=S)c1c(F)cccc1S(=O)(=O)Nc1ncccc1Cl. The normalized spacial score (nSPS) is 11.1. The van der Waals surface area contributed by atoms with Crippen LogP contribution in [0.2, 0.25) is 5.02 Å². The summed E-state index contributed by atoms with van der Waals surface area (Å²) in [5.41, 5.74) is 5.04. The van der Waals surface area contributed by atoms with Gasteiger partial charge in [-0.25, -0.2) is 17.8 Å². The van der Waals surface area contributed by atoms with Crippen LogP contribution in [0.3, 0.4) is 0 Å². The van der Waals surface area contributed by atoms with Crippen molar-refractivity contribution in [2.75, 3.05) is 4.72 Å². The lowest BCUT2D eigenvalue weighted by Gasteiger charge is -2.12. The molecule has 3 N–H and O–H groups in total. The lowest BCUT2D eigenvalue weighted by atomic mass is 10.2. The van der Waals surface area contributed by atoms with Crippen molar-refractivity contribution in [2.45, 2.75) is 4.90 Å². The number of thiocarbonyl (C=S) groups is 1. The zero-order valence-electron chi connectivity index (χ0n) is 10.4. The predicted molar refractivity (Wildman–Crippen MR) is 82.3 cm³/mol. The Bertz CT molecular complexity index is 812. The number of sulfonamides is 1. The lowest BCUT2D eigenvalue weighted by molar-refractivity contribution is 0.594. The standard InChI is InChI=1S/C12H9ClFN3O2S2/c13-7-3-2-6-16-12(7)17-21(18,19)9-5-1-4-8(14)10(9)11(15)20/h1-6H,(H2,15,20)(H,16,17). The second-order valence-corrected chi connectivity index (χ2v) is 6.41. The molecule has 1 heterocycles. The summed E-state index contributed by atoms with van der Waals surface area (Å²) in [6.07, 6.45) is 1.36. The van der Waals surface area contributed by atoms with E-state index in [9.17, 15) is 12.8 Å². The van der Waals surface area contributed by atoms with Crippen molar-refractivity contribution in [1.82, 2.24) is 4.98 Å². The highest BCUT2D eigenvalue weighted by Gasteiger charge is 2.23. The van der Waals surface area contributed by atoms with Crippen molar-refractivity contribution in [3.8, 4) is 0 Å². The van der Waals surface area contributed by atoms with E-state index in [0.717, 1.165) is 6.07 Å². The van der Waals surface area contributed by atoms with Crippen LogP contribution in [0.4, 0.5) is 10.2 Å². The van der Waals surface area contributed by atoms with Crippen molar-refractivity contribution < 1.29 is 12.8 Å². The molecule has 9 heteroatoms. The number of aromatic nitrogens is 1. The molecule has 0 aliphatic rings. The molecule has 0 aliphatic heterocycles. The smallest absolute Gasteiger partial charge is 0.263 e. The molecule has 0 bridgehead atoms. The molecule has 1 aromatic heterocycles. The summed E-state index contributed by atoms with van der Waals surface area (Å²) in [5, 5.41) is 0.106. The van der Waals surface area contributed by atoms with Gasteiger partial charge >= 0.3 is 0 Å². The minimum Gasteiger partial charge on any atom is -0.389 e. The van der Waals surface area contributed by atoms with E-state index in [1.165, 1.54) is 24.4 Å². The molecule has 0 fully saturated rings. The first kappa shape index (κ1) is 15.6. The van der Waals surface area contributed by atoms with Crippen LogP contribution >= 0.6 is 23.8 Å². The van der Waals surface area contributed by atoms with E-state index in [1.807, 2.05) is 0 Å². The number of benzene rings is 1. The Morgan fingerprint density at radius 1 is 1.33 bits per heavy atom. The van der Waals surface area contributed by atoms with Gasteiger partial charge < -0.3 is 5.73 Å². The van der Waals surface area contributed by atoms with Gasteiger partial charge in [-0.05, 0) is 24.3 Å². The first-order chi connectivity index (χ1) is 9.83. The molecule has 0 saturated carbocycles. The number of nitrogens with two attached hydrogens (primary N) is 1. The Morgan fingerprint density at radius 3 is 2.67 bits per heavy atom. The van der Waals surface area contributed by atoms with Crippen LogP contribution in [0.5, 0.6) is 0 Å². The maximum atomic E-state index is 13.7. The second kappa shape index (κ2) is 5.92. The first-order valence-electron chi connectivity index (χ1n) is 5.54. The van der Waals surface area contributed by atoms with Crippen LogP contribution < -0.4 is 10.5 Å². The van der Waals surface area contributed by atoms with Gasteiger partial charge in [0.05, 0.1) is 10.6 Å². The van der Waals surface area contributed by atoms with Crippen molar-refractivity contribution in [1.29, 1.82) is 0 Å². The van der Waals surface area contributed by atoms with E-state index >= 15 is 0 Å². The number of hydrogen-bond acceptors (Lipinski definition) is 4. The van der Waals surface area contributed by atoms with Crippen LogP contribution in [0.15, 0.2) is 41.4 Å². The fourth-order valence-corrected chi connectivity index (χ4v) is 3.37. The van der Waals surface area contributed by atoms with E-state index in [4.69, 9.17) is 29.6 Å². The monoisotopic (exact) mass is 345 g/mol. The Hall–Kier alpha value is -1.77. The Balaban J connectivity index is 2.53. The van der Waals surface area contributed by atoms with Gasteiger partial charge in [-0.15, -0.1) is 0 Å². The summed E-state index contributed by atoms with van der Waals surface area (Å²) in [4.78, 5) is 3.07. The fraction of sp³-hybridized carbons (Fsp3) is 0. The highest BCUT2D eigenvalue weighted by Crippen LogP contribution is 2.24. The molecule has 2 rings (SSSR count). The Kier molecular flexibility index (Phi) is 4.40. The molecule has 0 unspecified atom stereocenters. The topological polar surface area (TPSA) is 85.1 Å². The average molecular weight is 346 g/mol. The van der Waals surface area contributed by atoms with Crippen molar-refractivity contribution in [3.05, 3.63) is 52.9 Å². The highest BCUT2D eigenvalue weighted by atomic mass is 35.5. The second-order valence-electron chi connectivity index (χ2n) is 3.92. The number of nitrogens with one attached hydrogen (secondary N) is 1. The third kappa shape index (κ3) is 3.29. The molecule has 0 atom stereocenters. The molecular formula is C12H9ClFN3O2S2. The minimum atomic E-state index is -4.14. The third-order valence-corrected chi connectivity index (χ3v) is 4.39. The van der Waals surface area contributed by atoms with Crippen LogP contribution in [-0.2, 0) is 10.0 Å². The summed E-state index contributed by atoms with van der Waals surface area (Å²) in [7, 11) is -4.14. The maximum Gasteiger partial charge on any atom is 0.263 e. The summed E-state index contributed by atoms with van der Waals surface area (Å²) >= 11 is 10.5. The van der Waals surface area contributed by atoms with E-state index in [1.54, 1.807) is 6.07 Å². The summed E-state index contributed by atoms with van der Waals surface area (Å²) in [6, 6.07) is 6.51. The van der Waals surface area contributed by atoms with Gasteiger partial charge in [0.15, 0.2) is 5.82 Å². The molecule has 21 heavy (non-hydrogen) atoms. The zero-order chi connectivity index (χ0) is 15.6. The molecule has 110 valence electrons. The van der Waals surface area contributed by atoms with Crippen LogP contribution in [0.1, 0.15) is 5.56 Å². The van der Waals surface area contributed by atoms with Crippen molar-refractivity contribution in [2.24, 2.45) is 5.73 Å². The largest absolute Gasteiger partial charge is 0.389 e. The van der Waals surface area contributed by atoms with Gasteiger partial charge in [-0.1, -0.05) is 29.9 Å². The van der Waals surface area contributed by atoms with Crippen LogP contribution in [-0.4, -0.2) is 18.4 Å². The van der Waals surface area contributed by atoms with E-state index in [0.29, 0.717) is 0 Å². The molecule has 5 nitrogen and oxygen atoms in total. The third-order valence-electron chi connectivity index (χ3n) is 2.50. The Morgan fingerprint density at radius 2 is 2.05 bits per heavy atom. The average Bonchev–Trinajstić information content (AvgIpc) is 2.40. The Labute approximate surface area is 131 Å². The molecule has 0 spiro atoms. The quantitative estimate of drug-likeness (QED) is 0.830. The number of nitrogens with zero attached hydrogens (tertiary/aromatic N) is 1. The van der Waals surface area contributed by atoms with Gasteiger partial charge in [0.25, 0.3) is 10.0 Å². The van der Waals surface area contributed by atoms with Crippen molar-refractivity contribution in [3.63, 3.8) is 0 Å². The molecular weight excluding hydrogens is 337 g/mol. The van der Waals surface area contributed by atoms with Gasteiger partial charge in [-0.3, -0.25) is 4.72 Å². The van der Waals surface area contributed by atoms with Gasteiger partial charge in [0.2, 0.25) is 0 Å². The number of hydrogen-bond donors (Lipinski definition) is 2. The number of pyridine rings is 1. The van der Waals surface area contributed by atoms with Gasteiger partial charge in [0, 0.05) is 6.20 Å². The minimum absolute atomic E-state index is 0.0719. The predicted octanol–water partition coefficient (Wildman–Crippen LogP) is 2.31. The molecule has 0 aliphatic carbocycles. The van der Waals surface area contributed by atoms with E-state index < -0.39 is 15.8 Å². The van der Waals surface area contributed by atoms with Crippen LogP contribution in [0, 0.1) is 5.82 Å². The first-order valence-corrected chi connectivity index (χ1v) is 7.81. The molecule has 0 saturated heterocycles. The maximum absolute atomic E-state index is 13.7. The van der Waals surface area contributed by atoms with Crippen molar-refractivity contribution >= 4 is 44.6 Å². The highest BCUT2D eigenvalue weighted by molar-refractivity contribution is 7.93.